The zero-order valence-corrected chi connectivity index (χ0v) is 16.2. The van der Waals surface area contributed by atoms with Crippen LogP contribution in [0.4, 0.5) is 0 Å². The van der Waals surface area contributed by atoms with E-state index in [0.717, 1.165) is 17.0 Å². The summed E-state index contributed by atoms with van der Waals surface area (Å²) in [5.74, 6) is 0.983. The smallest absolute Gasteiger partial charge is 0.273 e. The fourth-order valence-corrected chi connectivity index (χ4v) is 2.73. The fraction of sp³-hybridized carbons (Fsp3) is 0.286. The Morgan fingerprint density at radius 3 is 2.62 bits per heavy atom. The molecule has 1 aromatic carbocycles. The minimum Gasteiger partial charge on any atom is -0.494 e. The number of ether oxygens (including phenoxy) is 1. The lowest BCUT2D eigenvalue weighted by Gasteiger charge is -2.06. The van der Waals surface area contributed by atoms with Crippen LogP contribution in [0.1, 0.15) is 24.7 Å². The number of hydrogen-bond donors (Lipinski definition) is 2. The molecule has 0 bridgehead atoms. The number of aryl methyl sites for hydroxylation is 1. The topological polar surface area (TPSA) is 110 Å². The predicted molar refractivity (Wildman–Crippen MR) is 109 cm³/mol. The Balaban J connectivity index is 1.51. The molecule has 0 spiro atoms. The van der Waals surface area contributed by atoms with Gasteiger partial charge in [-0.1, -0.05) is 6.07 Å². The highest BCUT2D eigenvalue weighted by atomic mass is 16.5. The minimum absolute atomic E-state index is 0.141. The first kappa shape index (κ1) is 20.2. The molecule has 3 rings (SSSR count). The van der Waals surface area contributed by atoms with Crippen molar-refractivity contribution in [1.29, 1.82) is 0 Å². The van der Waals surface area contributed by atoms with Gasteiger partial charge in [-0.2, -0.15) is 0 Å². The van der Waals surface area contributed by atoms with Crippen LogP contribution in [0.25, 0.3) is 11.4 Å². The van der Waals surface area contributed by atoms with Gasteiger partial charge in [0.05, 0.1) is 6.61 Å². The third kappa shape index (κ3) is 5.97. The first-order chi connectivity index (χ1) is 14.2. The fourth-order valence-electron chi connectivity index (χ4n) is 2.73. The first-order valence-corrected chi connectivity index (χ1v) is 9.51. The van der Waals surface area contributed by atoms with E-state index < -0.39 is 0 Å². The van der Waals surface area contributed by atoms with Crippen molar-refractivity contribution in [3.63, 3.8) is 0 Å². The lowest BCUT2D eigenvalue weighted by Crippen LogP contribution is -2.27. The maximum absolute atomic E-state index is 12.3. The summed E-state index contributed by atoms with van der Waals surface area (Å²) in [6.45, 7) is 2.99. The van der Waals surface area contributed by atoms with Crippen molar-refractivity contribution in [2.45, 2.75) is 26.2 Å². The highest BCUT2D eigenvalue weighted by Crippen LogP contribution is 2.18. The summed E-state index contributed by atoms with van der Waals surface area (Å²) >= 11 is 0. The maximum atomic E-state index is 12.3. The summed E-state index contributed by atoms with van der Waals surface area (Å²) in [6.07, 6.45) is 2.77. The van der Waals surface area contributed by atoms with E-state index in [0.29, 0.717) is 25.4 Å². The van der Waals surface area contributed by atoms with Crippen molar-refractivity contribution in [1.82, 2.24) is 25.5 Å². The Labute approximate surface area is 168 Å². The number of aromatic amines is 1. The van der Waals surface area contributed by atoms with Crippen LogP contribution in [0.3, 0.4) is 0 Å². The van der Waals surface area contributed by atoms with E-state index in [4.69, 9.17) is 4.74 Å². The molecular weight excluding hydrogens is 370 g/mol. The molecule has 0 fully saturated rings. The normalized spacial score (nSPS) is 10.5. The van der Waals surface area contributed by atoms with E-state index in [1.807, 2.05) is 37.3 Å². The molecule has 0 aliphatic heterocycles. The van der Waals surface area contributed by atoms with Crippen LogP contribution in [-0.2, 0) is 17.6 Å². The van der Waals surface area contributed by atoms with Crippen molar-refractivity contribution in [3.8, 4) is 17.1 Å². The lowest BCUT2D eigenvalue weighted by molar-refractivity contribution is -0.121. The Bertz CT molecular complexity index is 987. The molecule has 150 valence electrons. The van der Waals surface area contributed by atoms with Crippen molar-refractivity contribution < 1.29 is 9.53 Å². The highest BCUT2D eigenvalue weighted by Gasteiger charge is 2.10. The molecule has 8 nitrogen and oxygen atoms in total. The molecule has 0 aliphatic carbocycles. The van der Waals surface area contributed by atoms with Gasteiger partial charge in [0.2, 0.25) is 5.91 Å². The quantitative estimate of drug-likeness (QED) is 0.575. The third-order valence-electron chi connectivity index (χ3n) is 4.22. The van der Waals surface area contributed by atoms with E-state index in [1.54, 1.807) is 18.3 Å². The van der Waals surface area contributed by atoms with Crippen LogP contribution < -0.4 is 15.6 Å². The summed E-state index contributed by atoms with van der Waals surface area (Å²) in [6, 6.07) is 12.9. The van der Waals surface area contributed by atoms with Gasteiger partial charge in [0.25, 0.3) is 5.56 Å². The molecule has 2 aromatic heterocycles. The second-order valence-corrected chi connectivity index (χ2v) is 6.33. The van der Waals surface area contributed by atoms with Gasteiger partial charge in [0.15, 0.2) is 5.82 Å². The molecule has 2 N–H and O–H groups in total. The van der Waals surface area contributed by atoms with Crippen LogP contribution in [0.15, 0.2) is 53.5 Å². The zero-order chi connectivity index (χ0) is 20.5. The number of rotatable bonds is 9. The van der Waals surface area contributed by atoms with Gasteiger partial charge in [0, 0.05) is 43.3 Å². The van der Waals surface area contributed by atoms with Gasteiger partial charge in [0.1, 0.15) is 11.4 Å². The second kappa shape index (κ2) is 10.1. The number of amides is 1. The molecule has 0 aliphatic rings. The Morgan fingerprint density at radius 1 is 1.10 bits per heavy atom. The Morgan fingerprint density at radius 2 is 1.93 bits per heavy atom. The van der Waals surface area contributed by atoms with E-state index in [1.165, 1.54) is 0 Å². The average molecular weight is 393 g/mol. The number of carbonyl (C=O) groups excluding carboxylic acids is 1. The predicted octanol–water partition coefficient (Wildman–Crippen LogP) is 1.92. The van der Waals surface area contributed by atoms with Crippen LogP contribution in [0.5, 0.6) is 5.75 Å². The molecule has 2 heterocycles. The SMILES string of the molecule is CCOc1ccc(-c2nnc(CCC(=O)NCCc3ccccn3)c(=O)[nH]2)cc1. The van der Waals surface area contributed by atoms with E-state index >= 15 is 0 Å². The largest absolute Gasteiger partial charge is 0.494 e. The van der Waals surface area contributed by atoms with Crippen molar-refractivity contribution in [2.75, 3.05) is 13.2 Å². The number of aromatic nitrogens is 4. The molecule has 0 unspecified atom stereocenters. The van der Waals surface area contributed by atoms with Gasteiger partial charge in [-0.3, -0.25) is 14.6 Å². The van der Waals surface area contributed by atoms with Crippen LogP contribution in [-0.4, -0.2) is 39.2 Å². The van der Waals surface area contributed by atoms with Gasteiger partial charge < -0.3 is 15.0 Å². The summed E-state index contributed by atoms with van der Waals surface area (Å²) in [5.41, 5.74) is 1.54. The molecule has 29 heavy (non-hydrogen) atoms. The Kier molecular flexibility index (Phi) is 7.05. The van der Waals surface area contributed by atoms with Gasteiger partial charge in [-0.15, -0.1) is 10.2 Å². The van der Waals surface area contributed by atoms with E-state index in [2.05, 4.69) is 25.5 Å². The highest BCUT2D eigenvalue weighted by molar-refractivity contribution is 5.76. The molecular formula is C21H23N5O3. The van der Waals surface area contributed by atoms with Gasteiger partial charge in [-0.05, 0) is 43.3 Å². The van der Waals surface area contributed by atoms with Crippen LogP contribution in [0, 0.1) is 0 Å². The van der Waals surface area contributed by atoms with E-state index in [-0.39, 0.29) is 30.0 Å². The van der Waals surface area contributed by atoms with Crippen molar-refractivity contribution in [2.24, 2.45) is 0 Å². The van der Waals surface area contributed by atoms with Crippen molar-refractivity contribution in [3.05, 3.63) is 70.4 Å². The monoisotopic (exact) mass is 393 g/mol. The molecule has 1 amide bonds. The van der Waals surface area contributed by atoms with E-state index in [9.17, 15) is 9.59 Å². The molecule has 0 radical (unpaired) electrons. The van der Waals surface area contributed by atoms with Crippen molar-refractivity contribution >= 4 is 5.91 Å². The Hall–Kier alpha value is -3.55. The molecule has 0 saturated heterocycles. The standard InChI is InChI=1S/C21H23N5O3/c1-2-29-17-8-6-15(7-9-17)20-24-21(28)18(25-26-20)10-11-19(27)23-14-12-16-5-3-4-13-22-16/h3-9,13H,2,10-12,14H2,1H3,(H,23,27)(H,24,26,28). The minimum atomic E-state index is -0.342. The molecule has 3 aromatic rings. The first-order valence-electron chi connectivity index (χ1n) is 9.51. The third-order valence-corrected chi connectivity index (χ3v) is 4.22. The number of carbonyl (C=O) groups is 1. The summed E-state index contributed by atoms with van der Waals surface area (Å²) in [5, 5.41) is 10.9. The second-order valence-electron chi connectivity index (χ2n) is 6.33. The van der Waals surface area contributed by atoms with Gasteiger partial charge in [-0.25, -0.2) is 0 Å². The zero-order valence-electron chi connectivity index (χ0n) is 16.2. The molecule has 0 saturated carbocycles. The lowest BCUT2D eigenvalue weighted by atomic mass is 10.2. The average Bonchev–Trinajstić information content (AvgIpc) is 2.74. The van der Waals surface area contributed by atoms with Crippen LogP contribution >= 0.6 is 0 Å². The van der Waals surface area contributed by atoms with Crippen LogP contribution in [0.2, 0.25) is 0 Å². The number of H-pyrrole nitrogens is 1. The van der Waals surface area contributed by atoms with Gasteiger partial charge >= 0.3 is 0 Å². The number of nitrogens with one attached hydrogen (secondary N) is 2. The number of benzene rings is 1. The summed E-state index contributed by atoms with van der Waals surface area (Å²) in [4.78, 5) is 31.2. The number of nitrogens with zero attached hydrogens (tertiary/aromatic N) is 3. The molecule has 0 atom stereocenters. The molecule has 8 heteroatoms. The number of pyridine rings is 1. The maximum Gasteiger partial charge on any atom is 0.273 e. The summed E-state index contributed by atoms with van der Waals surface area (Å²) in [7, 11) is 0. The summed E-state index contributed by atoms with van der Waals surface area (Å²) < 4.78 is 5.40. The number of hydrogen-bond acceptors (Lipinski definition) is 6.